The highest BCUT2D eigenvalue weighted by Crippen LogP contribution is 2.12. The number of aliphatic hydroxyl groups excluding tert-OH is 1. The van der Waals surface area contributed by atoms with Crippen LogP contribution in [0, 0.1) is 5.92 Å². The fourth-order valence-electron chi connectivity index (χ4n) is 1.61. The van der Waals surface area contributed by atoms with Crippen LogP contribution >= 0.6 is 0 Å². The molecule has 102 valence electrons. The monoisotopic (exact) mass is 251 g/mol. The third kappa shape index (κ3) is 6.03. The van der Waals surface area contributed by atoms with Crippen LogP contribution in [0.4, 0.5) is 0 Å². The summed E-state index contributed by atoms with van der Waals surface area (Å²) >= 11 is 0. The maximum atomic E-state index is 9.74. The smallest absolute Gasteiger partial charge is 0.119 e. The van der Waals surface area contributed by atoms with Gasteiger partial charge in [0.15, 0.2) is 0 Å². The van der Waals surface area contributed by atoms with E-state index in [0.717, 1.165) is 18.7 Å². The highest BCUT2D eigenvalue weighted by Gasteiger charge is 2.05. The zero-order chi connectivity index (χ0) is 13.4. The molecule has 18 heavy (non-hydrogen) atoms. The van der Waals surface area contributed by atoms with E-state index in [2.05, 4.69) is 38.2 Å². The number of hydrogen-bond acceptors (Lipinski definition) is 3. The fourth-order valence-corrected chi connectivity index (χ4v) is 1.61. The molecule has 3 nitrogen and oxygen atoms in total. The summed E-state index contributed by atoms with van der Waals surface area (Å²) in [5.41, 5.74) is 1.29. The molecule has 0 saturated heterocycles. The van der Waals surface area contributed by atoms with Crippen LogP contribution in [0.5, 0.6) is 5.75 Å². The van der Waals surface area contributed by atoms with E-state index in [4.69, 9.17) is 4.74 Å². The molecule has 2 N–H and O–H groups in total. The third-order valence-electron chi connectivity index (χ3n) is 2.71. The Morgan fingerprint density at radius 1 is 1.17 bits per heavy atom. The summed E-state index contributed by atoms with van der Waals surface area (Å²) in [4.78, 5) is 0. The summed E-state index contributed by atoms with van der Waals surface area (Å²) < 4.78 is 5.53. The Hall–Kier alpha value is -1.06. The standard InChI is InChI=1S/C15H25NO2/c1-4-13-5-7-15(8-6-13)18-11-14(17)10-16-9-12(2)3/h5-8,12,14,16-17H,4,9-11H2,1-3H3. The van der Waals surface area contributed by atoms with Crippen LogP contribution in [0.3, 0.4) is 0 Å². The molecule has 1 unspecified atom stereocenters. The number of aliphatic hydroxyl groups is 1. The predicted octanol–water partition coefficient (Wildman–Crippen LogP) is 2.23. The molecule has 0 spiro atoms. The van der Waals surface area contributed by atoms with Gasteiger partial charge in [0.25, 0.3) is 0 Å². The van der Waals surface area contributed by atoms with Crippen molar-refractivity contribution in [2.45, 2.75) is 33.3 Å². The number of benzene rings is 1. The van der Waals surface area contributed by atoms with Crippen LogP contribution in [0.15, 0.2) is 24.3 Å². The maximum absolute atomic E-state index is 9.74. The molecule has 3 heteroatoms. The van der Waals surface area contributed by atoms with Crippen LogP contribution in [-0.4, -0.2) is 30.9 Å². The average Bonchev–Trinajstić information content (AvgIpc) is 2.36. The van der Waals surface area contributed by atoms with Crippen molar-refractivity contribution in [2.24, 2.45) is 5.92 Å². The Kier molecular flexibility index (Phi) is 6.76. The fraction of sp³-hybridized carbons (Fsp3) is 0.600. The van der Waals surface area contributed by atoms with Crippen molar-refractivity contribution in [2.75, 3.05) is 19.7 Å². The Bertz CT molecular complexity index is 322. The third-order valence-corrected chi connectivity index (χ3v) is 2.71. The van der Waals surface area contributed by atoms with Gasteiger partial charge in [-0.2, -0.15) is 0 Å². The van der Waals surface area contributed by atoms with Gasteiger partial charge in [0.1, 0.15) is 18.5 Å². The molecule has 0 fully saturated rings. The number of ether oxygens (including phenoxy) is 1. The lowest BCUT2D eigenvalue weighted by molar-refractivity contribution is 0.106. The van der Waals surface area contributed by atoms with E-state index in [9.17, 15) is 5.11 Å². The largest absolute Gasteiger partial charge is 0.491 e. The number of rotatable bonds is 8. The minimum absolute atomic E-state index is 0.330. The summed E-state index contributed by atoms with van der Waals surface area (Å²) in [7, 11) is 0. The summed E-state index contributed by atoms with van der Waals surface area (Å²) in [5, 5.41) is 12.9. The molecule has 1 atom stereocenters. The molecule has 0 saturated carbocycles. The molecule has 0 aliphatic rings. The lowest BCUT2D eigenvalue weighted by Gasteiger charge is -2.14. The van der Waals surface area contributed by atoms with Gasteiger partial charge in [-0.15, -0.1) is 0 Å². The summed E-state index contributed by atoms with van der Waals surface area (Å²) in [6.07, 6.45) is 0.566. The molecule has 0 amide bonds. The van der Waals surface area contributed by atoms with E-state index in [1.165, 1.54) is 5.56 Å². The molecular formula is C15H25NO2. The van der Waals surface area contributed by atoms with E-state index in [1.54, 1.807) is 0 Å². The van der Waals surface area contributed by atoms with Gasteiger partial charge < -0.3 is 15.2 Å². The van der Waals surface area contributed by atoms with Gasteiger partial charge in [0, 0.05) is 6.54 Å². The molecule has 1 aromatic rings. The first kappa shape index (κ1) is 15.0. The predicted molar refractivity (Wildman–Crippen MR) is 75.0 cm³/mol. The quantitative estimate of drug-likeness (QED) is 0.744. The number of hydrogen-bond donors (Lipinski definition) is 2. The van der Waals surface area contributed by atoms with Crippen molar-refractivity contribution in [1.29, 1.82) is 0 Å². The topological polar surface area (TPSA) is 41.5 Å². The van der Waals surface area contributed by atoms with Crippen LogP contribution in [0.1, 0.15) is 26.3 Å². The SMILES string of the molecule is CCc1ccc(OCC(O)CNCC(C)C)cc1. The van der Waals surface area contributed by atoms with E-state index in [-0.39, 0.29) is 0 Å². The minimum Gasteiger partial charge on any atom is -0.491 e. The van der Waals surface area contributed by atoms with Gasteiger partial charge in [-0.3, -0.25) is 0 Å². The van der Waals surface area contributed by atoms with E-state index < -0.39 is 6.10 Å². The van der Waals surface area contributed by atoms with Crippen molar-refractivity contribution in [3.05, 3.63) is 29.8 Å². The Labute approximate surface area is 110 Å². The van der Waals surface area contributed by atoms with Crippen LogP contribution in [0.25, 0.3) is 0 Å². The second kappa shape index (κ2) is 8.11. The van der Waals surface area contributed by atoms with E-state index in [1.807, 2.05) is 12.1 Å². The van der Waals surface area contributed by atoms with Gasteiger partial charge in [0.05, 0.1) is 0 Å². The molecule has 0 aliphatic carbocycles. The summed E-state index contributed by atoms with van der Waals surface area (Å²) in [5.74, 6) is 1.41. The molecule has 0 radical (unpaired) electrons. The Morgan fingerprint density at radius 2 is 1.83 bits per heavy atom. The first-order chi connectivity index (χ1) is 8.61. The van der Waals surface area contributed by atoms with Crippen LogP contribution in [0.2, 0.25) is 0 Å². The molecule has 1 rings (SSSR count). The van der Waals surface area contributed by atoms with Crippen LogP contribution < -0.4 is 10.1 Å². The zero-order valence-electron chi connectivity index (χ0n) is 11.6. The van der Waals surface area contributed by atoms with Gasteiger partial charge in [0.2, 0.25) is 0 Å². The second-order valence-electron chi connectivity index (χ2n) is 5.01. The zero-order valence-corrected chi connectivity index (χ0v) is 11.6. The average molecular weight is 251 g/mol. The summed E-state index contributed by atoms with van der Waals surface area (Å²) in [6.45, 7) is 8.24. The van der Waals surface area contributed by atoms with E-state index >= 15 is 0 Å². The second-order valence-corrected chi connectivity index (χ2v) is 5.01. The Balaban J connectivity index is 2.22. The molecule has 1 aromatic carbocycles. The highest BCUT2D eigenvalue weighted by atomic mass is 16.5. The van der Waals surface area contributed by atoms with Gasteiger partial charge in [-0.05, 0) is 36.6 Å². The van der Waals surface area contributed by atoms with Crippen molar-refractivity contribution in [3.63, 3.8) is 0 Å². The molecule has 0 aliphatic heterocycles. The number of aryl methyl sites for hydroxylation is 1. The molecule has 0 aromatic heterocycles. The highest BCUT2D eigenvalue weighted by molar-refractivity contribution is 5.27. The first-order valence-corrected chi connectivity index (χ1v) is 6.72. The first-order valence-electron chi connectivity index (χ1n) is 6.72. The lowest BCUT2D eigenvalue weighted by Crippen LogP contribution is -2.33. The van der Waals surface area contributed by atoms with Crippen molar-refractivity contribution < 1.29 is 9.84 Å². The maximum Gasteiger partial charge on any atom is 0.119 e. The molecule has 0 heterocycles. The Morgan fingerprint density at radius 3 is 2.39 bits per heavy atom. The van der Waals surface area contributed by atoms with Gasteiger partial charge in [-0.1, -0.05) is 32.9 Å². The van der Waals surface area contributed by atoms with E-state index in [0.29, 0.717) is 19.1 Å². The van der Waals surface area contributed by atoms with Crippen LogP contribution in [-0.2, 0) is 6.42 Å². The molecule has 0 bridgehead atoms. The number of nitrogens with one attached hydrogen (secondary N) is 1. The summed E-state index contributed by atoms with van der Waals surface area (Å²) in [6, 6.07) is 8.01. The van der Waals surface area contributed by atoms with Crippen molar-refractivity contribution in [1.82, 2.24) is 5.32 Å². The van der Waals surface area contributed by atoms with Gasteiger partial charge in [-0.25, -0.2) is 0 Å². The van der Waals surface area contributed by atoms with Gasteiger partial charge >= 0.3 is 0 Å². The van der Waals surface area contributed by atoms with Crippen molar-refractivity contribution >= 4 is 0 Å². The molecular weight excluding hydrogens is 226 g/mol. The minimum atomic E-state index is -0.463. The van der Waals surface area contributed by atoms with Crippen molar-refractivity contribution in [3.8, 4) is 5.75 Å². The lowest BCUT2D eigenvalue weighted by atomic mass is 10.2. The normalized spacial score (nSPS) is 12.7.